The Morgan fingerprint density at radius 3 is 2.67 bits per heavy atom. The molecular formula is C9H17NO2. The van der Waals surface area contributed by atoms with Crippen molar-refractivity contribution < 1.29 is 10.0 Å². The van der Waals surface area contributed by atoms with Gasteiger partial charge in [0.05, 0.1) is 0 Å². The Kier molecular flexibility index (Phi) is 4.08. The molecule has 0 aromatic heterocycles. The second-order valence-corrected chi connectivity index (χ2v) is 3.58. The van der Waals surface area contributed by atoms with Crippen LogP contribution in [0.3, 0.4) is 0 Å². The van der Waals surface area contributed by atoms with Crippen molar-refractivity contribution in [3.8, 4) is 0 Å². The van der Waals surface area contributed by atoms with E-state index in [1.54, 1.807) is 5.48 Å². The zero-order valence-electron chi connectivity index (χ0n) is 7.38. The van der Waals surface area contributed by atoms with E-state index in [4.69, 9.17) is 5.21 Å². The molecule has 1 saturated carbocycles. The normalized spacial score (nSPS) is 18.1. The van der Waals surface area contributed by atoms with Crippen LogP contribution in [0, 0.1) is 5.92 Å². The van der Waals surface area contributed by atoms with E-state index in [9.17, 15) is 4.79 Å². The lowest BCUT2D eigenvalue weighted by atomic mass is 10.0. The molecule has 0 aromatic rings. The summed E-state index contributed by atoms with van der Waals surface area (Å²) in [7, 11) is 0. The Labute approximate surface area is 73.1 Å². The topological polar surface area (TPSA) is 49.3 Å². The van der Waals surface area contributed by atoms with E-state index < -0.39 is 0 Å². The minimum absolute atomic E-state index is 0.256. The van der Waals surface area contributed by atoms with E-state index in [-0.39, 0.29) is 5.91 Å². The third kappa shape index (κ3) is 3.22. The molecule has 3 heteroatoms. The molecule has 1 rings (SSSR count). The van der Waals surface area contributed by atoms with Crippen molar-refractivity contribution in [1.82, 2.24) is 5.48 Å². The summed E-state index contributed by atoms with van der Waals surface area (Å²) in [5, 5.41) is 8.23. The highest BCUT2D eigenvalue weighted by Crippen LogP contribution is 2.28. The SMILES string of the molecule is O=C(CCCC1CCCC1)NO. The molecule has 70 valence electrons. The molecule has 0 atom stereocenters. The van der Waals surface area contributed by atoms with Gasteiger partial charge in [-0.3, -0.25) is 10.0 Å². The van der Waals surface area contributed by atoms with Gasteiger partial charge >= 0.3 is 0 Å². The third-order valence-electron chi connectivity index (χ3n) is 2.62. The minimum Gasteiger partial charge on any atom is -0.289 e. The largest absolute Gasteiger partial charge is 0.289 e. The van der Waals surface area contributed by atoms with Crippen LogP contribution >= 0.6 is 0 Å². The van der Waals surface area contributed by atoms with Crippen molar-refractivity contribution >= 4 is 5.91 Å². The molecule has 0 spiro atoms. The number of rotatable bonds is 4. The Bertz CT molecular complexity index is 141. The van der Waals surface area contributed by atoms with Gasteiger partial charge in [0.25, 0.3) is 0 Å². The van der Waals surface area contributed by atoms with Gasteiger partial charge in [-0.2, -0.15) is 0 Å². The smallest absolute Gasteiger partial charge is 0.243 e. The zero-order chi connectivity index (χ0) is 8.81. The minimum atomic E-state index is -0.256. The van der Waals surface area contributed by atoms with E-state index in [0.29, 0.717) is 6.42 Å². The van der Waals surface area contributed by atoms with Gasteiger partial charge in [0.15, 0.2) is 0 Å². The van der Waals surface area contributed by atoms with Crippen LogP contribution in [-0.2, 0) is 4.79 Å². The van der Waals surface area contributed by atoms with E-state index in [1.165, 1.54) is 25.7 Å². The number of amides is 1. The van der Waals surface area contributed by atoms with Crippen LogP contribution < -0.4 is 5.48 Å². The van der Waals surface area contributed by atoms with E-state index >= 15 is 0 Å². The Morgan fingerprint density at radius 1 is 1.42 bits per heavy atom. The lowest BCUT2D eigenvalue weighted by Gasteiger charge is -2.06. The quantitative estimate of drug-likeness (QED) is 0.501. The lowest BCUT2D eigenvalue weighted by Crippen LogP contribution is -2.18. The highest BCUT2D eigenvalue weighted by molar-refractivity contribution is 5.74. The first-order chi connectivity index (χ1) is 5.83. The van der Waals surface area contributed by atoms with Gasteiger partial charge in [-0.25, -0.2) is 5.48 Å². The van der Waals surface area contributed by atoms with Crippen LogP contribution in [0.1, 0.15) is 44.9 Å². The van der Waals surface area contributed by atoms with Gasteiger partial charge in [0.2, 0.25) is 5.91 Å². The molecule has 0 saturated heterocycles. The average molecular weight is 171 g/mol. The maximum Gasteiger partial charge on any atom is 0.243 e. The number of hydroxylamine groups is 1. The van der Waals surface area contributed by atoms with Crippen LogP contribution in [0.5, 0.6) is 0 Å². The fraction of sp³-hybridized carbons (Fsp3) is 0.889. The van der Waals surface area contributed by atoms with E-state index in [2.05, 4.69) is 0 Å². The molecule has 0 radical (unpaired) electrons. The molecule has 1 fully saturated rings. The lowest BCUT2D eigenvalue weighted by molar-refractivity contribution is -0.129. The summed E-state index contributed by atoms with van der Waals surface area (Å²) in [5.74, 6) is 0.587. The van der Waals surface area contributed by atoms with Crippen molar-refractivity contribution in [3.05, 3.63) is 0 Å². The molecule has 0 aromatic carbocycles. The number of carbonyl (C=O) groups is 1. The van der Waals surface area contributed by atoms with Gasteiger partial charge in [-0.1, -0.05) is 25.7 Å². The maximum absolute atomic E-state index is 10.6. The van der Waals surface area contributed by atoms with Crippen LogP contribution in [0.4, 0.5) is 0 Å². The predicted octanol–water partition coefficient (Wildman–Crippen LogP) is 1.85. The number of nitrogens with one attached hydrogen (secondary N) is 1. The molecule has 0 unspecified atom stereocenters. The van der Waals surface area contributed by atoms with E-state index in [1.807, 2.05) is 0 Å². The molecule has 1 amide bonds. The fourth-order valence-electron chi connectivity index (χ4n) is 1.91. The standard InChI is InChI=1S/C9H17NO2/c11-9(10-12)7-3-6-8-4-1-2-5-8/h8,12H,1-7H2,(H,10,11). The maximum atomic E-state index is 10.6. The molecule has 1 aliphatic carbocycles. The van der Waals surface area contributed by atoms with Crippen LogP contribution in [0.2, 0.25) is 0 Å². The first-order valence-corrected chi connectivity index (χ1v) is 4.76. The Hall–Kier alpha value is -0.570. The highest BCUT2D eigenvalue weighted by Gasteiger charge is 2.14. The van der Waals surface area contributed by atoms with Crippen LogP contribution in [0.15, 0.2) is 0 Å². The molecule has 2 N–H and O–H groups in total. The van der Waals surface area contributed by atoms with Gasteiger partial charge < -0.3 is 0 Å². The van der Waals surface area contributed by atoms with Crippen molar-refractivity contribution in [2.24, 2.45) is 5.92 Å². The molecule has 3 nitrogen and oxygen atoms in total. The van der Waals surface area contributed by atoms with Gasteiger partial charge in [0.1, 0.15) is 0 Å². The Balaban J connectivity index is 1.97. The third-order valence-corrected chi connectivity index (χ3v) is 2.62. The monoisotopic (exact) mass is 171 g/mol. The molecule has 1 aliphatic rings. The second kappa shape index (κ2) is 5.14. The number of carbonyl (C=O) groups excluding carboxylic acids is 1. The second-order valence-electron chi connectivity index (χ2n) is 3.58. The predicted molar refractivity (Wildman–Crippen MR) is 45.7 cm³/mol. The fourth-order valence-corrected chi connectivity index (χ4v) is 1.91. The summed E-state index contributed by atoms with van der Waals surface area (Å²) in [6, 6.07) is 0. The van der Waals surface area contributed by atoms with Crippen LogP contribution in [0.25, 0.3) is 0 Å². The number of hydrogen-bond acceptors (Lipinski definition) is 2. The van der Waals surface area contributed by atoms with Crippen LogP contribution in [-0.4, -0.2) is 11.1 Å². The van der Waals surface area contributed by atoms with Crippen molar-refractivity contribution in [3.63, 3.8) is 0 Å². The summed E-state index contributed by atoms with van der Waals surface area (Å²) in [5.41, 5.74) is 1.65. The Morgan fingerprint density at radius 2 is 2.08 bits per heavy atom. The summed E-state index contributed by atoms with van der Waals surface area (Å²) in [6.45, 7) is 0. The summed E-state index contributed by atoms with van der Waals surface area (Å²) < 4.78 is 0. The first kappa shape index (κ1) is 9.52. The van der Waals surface area contributed by atoms with Gasteiger partial charge in [0, 0.05) is 6.42 Å². The number of hydrogen-bond donors (Lipinski definition) is 2. The van der Waals surface area contributed by atoms with E-state index in [0.717, 1.165) is 18.8 Å². The highest BCUT2D eigenvalue weighted by atomic mass is 16.5. The van der Waals surface area contributed by atoms with Gasteiger partial charge in [-0.15, -0.1) is 0 Å². The van der Waals surface area contributed by atoms with Crippen molar-refractivity contribution in [2.75, 3.05) is 0 Å². The van der Waals surface area contributed by atoms with Gasteiger partial charge in [-0.05, 0) is 18.8 Å². The molecular weight excluding hydrogens is 154 g/mol. The molecule has 0 heterocycles. The first-order valence-electron chi connectivity index (χ1n) is 4.76. The van der Waals surface area contributed by atoms with Crippen molar-refractivity contribution in [2.45, 2.75) is 44.9 Å². The average Bonchev–Trinajstić information content (AvgIpc) is 2.57. The zero-order valence-corrected chi connectivity index (χ0v) is 7.38. The summed E-state index contributed by atoms with van der Waals surface area (Å²) in [6.07, 6.45) is 7.91. The molecule has 0 bridgehead atoms. The summed E-state index contributed by atoms with van der Waals surface area (Å²) >= 11 is 0. The summed E-state index contributed by atoms with van der Waals surface area (Å²) in [4.78, 5) is 10.6. The van der Waals surface area contributed by atoms with Crippen molar-refractivity contribution in [1.29, 1.82) is 0 Å². The molecule has 0 aliphatic heterocycles. The molecule has 12 heavy (non-hydrogen) atoms.